The van der Waals surface area contributed by atoms with Crippen molar-refractivity contribution in [1.29, 1.82) is 0 Å². The minimum absolute atomic E-state index is 0.0484. The Morgan fingerprint density at radius 3 is 2.48 bits per heavy atom. The quantitative estimate of drug-likeness (QED) is 0.698. The number of aliphatic carboxylic acids is 1. The first-order valence-electron chi connectivity index (χ1n) is 7.93. The second kappa shape index (κ2) is 6.64. The zero-order valence-corrected chi connectivity index (χ0v) is 12.9. The van der Waals surface area contributed by atoms with Crippen molar-refractivity contribution < 1.29 is 19.4 Å². The van der Waals surface area contributed by atoms with Crippen LogP contribution in [0.2, 0.25) is 0 Å². The van der Waals surface area contributed by atoms with Crippen LogP contribution in [0, 0.1) is 5.92 Å². The summed E-state index contributed by atoms with van der Waals surface area (Å²) in [6.07, 6.45) is 5.16. The summed E-state index contributed by atoms with van der Waals surface area (Å²) in [5.41, 5.74) is -0.154. The van der Waals surface area contributed by atoms with Crippen LogP contribution in [0.4, 0.5) is 4.79 Å². The molecule has 21 heavy (non-hydrogen) atoms. The lowest BCUT2D eigenvalue weighted by Gasteiger charge is -2.40. The molecule has 0 aromatic heterocycles. The van der Waals surface area contributed by atoms with E-state index in [0.29, 0.717) is 6.61 Å². The summed E-state index contributed by atoms with van der Waals surface area (Å²) in [4.78, 5) is 23.2. The predicted octanol–water partition coefficient (Wildman–Crippen LogP) is 1.89. The molecule has 1 heterocycles. The summed E-state index contributed by atoms with van der Waals surface area (Å²) in [7, 11) is 0. The Labute approximate surface area is 125 Å². The lowest BCUT2D eigenvalue weighted by Crippen LogP contribution is -2.53. The number of nitrogens with one attached hydrogen (secondary N) is 2. The summed E-state index contributed by atoms with van der Waals surface area (Å²) < 4.78 is 5.88. The molecule has 0 aromatic rings. The molecule has 1 saturated carbocycles. The molecule has 1 aliphatic carbocycles. The second-order valence-corrected chi connectivity index (χ2v) is 6.20. The molecule has 0 spiro atoms. The van der Waals surface area contributed by atoms with Crippen LogP contribution in [-0.2, 0) is 9.53 Å². The normalized spacial score (nSPS) is 25.9. The molecule has 0 bridgehead atoms. The van der Waals surface area contributed by atoms with Crippen molar-refractivity contribution in [2.24, 2.45) is 5.92 Å². The number of amides is 2. The van der Waals surface area contributed by atoms with Crippen molar-refractivity contribution in [3.8, 4) is 0 Å². The van der Waals surface area contributed by atoms with Crippen LogP contribution >= 0.6 is 0 Å². The summed E-state index contributed by atoms with van der Waals surface area (Å²) in [6, 6.07) is -1.08. The minimum Gasteiger partial charge on any atom is -0.480 e. The van der Waals surface area contributed by atoms with Gasteiger partial charge in [-0.2, -0.15) is 0 Å². The van der Waals surface area contributed by atoms with E-state index in [1.807, 2.05) is 0 Å². The van der Waals surface area contributed by atoms with Gasteiger partial charge in [0.25, 0.3) is 0 Å². The van der Waals surface area contributed by atoms with Crippen LogP contribution in [0.5, 0.6) is 0 Å². The Balaban J connectivity index is 1.85. The number of ether oxygens (including phenoxy) is 1. The molecule has 2 fully saturated rings. The molecule has 2 rings (SSSR count). The number of carbonyl (C=O) groups is 2. The van der Waals surface area contributed by atoms with Gasteiger partial charge in [-0.25, -0.2) is 9.59 Å². The number of rotatable bonds is 6. The number of hydrogen-bond acceptors (Lipinski definition) is 3. The first-order chi connectivity index (χ1) is 9.99. The fourth-order valence-corrected chi connectivity index (χ4v) is 3.07. The van der Waals surface area contributed by atoms with E-state index >= 15 is 0 Å². The van der Waals surface area contributed by atoms with Gasteiger partial charge in [0, 0.05) is 12.6 Å². The van der Waals surface area contributed by atoms with Crippen LogP contribution in [-0.4, -0.2) is 41.4 Å². The van der Waals surface area contributed by atoms with Crippen molar-refractivity contribution in [3.63, 3.8) is 0 Å². The molecular formula is C15H26N2O4. The maximum Gasteiger partial charge on any atom is 0.326 e. The van der Waals surface area contributed by atoms with E-state index in [9.17, 15) is 9.59 Å². The van der Waals surface area contributed by atoms with Gasteiger partial charge >= 0.3 is 12.0 Å². The van der Waals surface area contributed by atoms with Crippen LogP contribution in [0.15, 0.2) is 0 Å². The summed E-state index contributed by atoms with van der Waals surface area (Å²) in [6.45, 7) is 4.83. The topological polar surface area (TPSA) is 87.7 Å². The van der Waals surface area contributed by atoms with Crippen molar-refractivity contribution >= 4 is 12.0 Å². The lowest BCUT2D eigenvalue weighted by molar-refractivity contribution is -0.139. The van der Waals surface area contributed by atoms with Crippen molar-refractivity contribution in [2.75, 3.05) is 6.61 Å². The molecular weight excluding hydrogens is 272 g/mol. The Hall–Kier alpha value is -1.30. The largest absolute Gasteiger partial charge is 0.480 e. The fraction of sp³-hybridized carbons (Fsp3) is 0.867. The molecule has 120 valence electrons. The molecule has 2 unspecified atom stereocenters. The van der Waals surface area contributed by atoms with Gasteiger partial charge in [-0.1, -0.05) is 13.8 Å². The highest BCUT2D eigenvalue weighted by molar-refractivity contribution is 5.83. The molecule has 1 aliphatic heterocycles. The van der Waals surface area contributed by atoms with Gasteiger partial charge < -0.3 is 20.5 Å². The van der Waals surface area contributed by atoms with Gasteiger partial charge in [-0.05, 0) is 44.4 Å². The van der Waals surface area contributed by atoms with Crippen LogP contribution in [0.3, 0.4) is 0 Å². The summed E-state index contributed by atoms with van der Waals surface area (Å²) in [5, 5.41) is 14.7. The zero-order chi connectivity index (χ0) is 15.5. The monoisotopic (exact) mass is 298 g/mol. The van der Waals surface area contributed by atoms with Crippen molar-refractivity contribution in [1.82, 2.24) is 10.6 Å². The highest BCUT2D eigenvalue weighted by Crippen LogP contribution is 2.33. The molecule has 6 heteroatoms. The Bertz CT molecular complexity index is 391. The van der Waals surface area contributed by atoms with E-state index in [2.05, 4.69) is 24.5 Å². The maximum atomic E-state index is 12.0. The minimum atomic E-state index is -0.948. The van der Waals surface area contributed by atoms with Gasteiger partial charge in [-0.15, -0.1) is 0 Å². The number of carboxylic acids is 1. The molecule has 3 N–H and O–H groups in total. The first-order valence-corrected chi connectivity index (χ1v) is 7.93. The average molecular weight is 298 g/mol. The molecule has 2 atom stereocenters. The van der Waals surface area contributed by atoms with Gasteiger partial charge in [0.15, 0.2) is 0 Å². The average Bonchev–Trinajstić information content (AvgIpc) is 3.29. The Morgan fingerprint density at radius 1 is 1.29 bits per heavy atom. The third kappa shape index (κ3) is 4.09. The first kappa shape index (κ1) is 16.1. The van der Waals surface area contributed by atoms with E-state index < -0.39 is 12.0 Å². The third-order valence-electron chi connectivity index (χ3n) is 4.76. The van der Waals surface area contributed by atoms with Gasteiger partial charge in [-0.3, -0.25) is 0 Å². The van der Waals surface area contributed by atoms with E-state index in [0.717, 1.165) is 38.5 Å². The zero-order valence-electron chi connectivity index (χ0n) is 12.9. The van der Waals surface area contributed by atoms with E-state index in [1.165, 1.54) is 0 Å². The molecule has 6 nitrogen and oxygen atoms in total. The smallest absolute Gasteiger partial charge is 0.326 e. The lowest BCUT2D eigenvalue weighted by atomic mass is 9.86. The highest BCUT2D eigenvalue weighted by atomic mass is 16.5. The van der Waals surface area contributed by atoms with Gasteiger partial charge in [0.2, 0.25) is 0 Å². The van der Waals surface area contributed by atoms with Crippen molar-refractivity contribution in [3.05, 3.63) is 0 Å². The second-order valence-electron chi connectivity index (χ2n) is 6.20. The highest BCUT2D eigenvalue weighted by Gasteiger charge is 2.39. The van der Waals surface area contributed by atoms with Crippen molar-refractivity contribution in [2.45, 2.75) is 70.1 Å². The van der Waals surface area contributed by atoms with Crippen LogP contribution < -0.4 is 10.6 Å². The maximum absolute atomic E-state index is 12.0. The Morgan fingerprint density at radius 2 is 1.95 bits per heavy atom. The fourth-order valence-electron chi connectivity index (χ4n) is 3.07. The van der Waals surface area contributed by atoms with E-state index in [-0.39, 0.29) is 23.6 Å². The third-order valence-corrected chi connectivity index (χ3v) is 4.76. The Kier molecular flexibility index (Phi) is 5.08. The molecule has 1 saturated heterocycles. The summed E-state index contributed by atoms with van der Waals surface area (Å²) >= 11 is 0. The van der Waals surface area contributed by atoms with E-state index in [1.54, 1.807) is 0 Å². The van der Waals surface area contributed by atoms with Crippen LogP contribution in [0.1, 0.15) is 52.4 Å². The molecule has 0 radical (unpaired) electrons. The molecule has 2 amide bonds. The summed E-state index contributed by atoms with van der Waals surface area (Å²) in [5.74, 6) is -0.857. The van der Waals surface area contributed by atoms with E-state index in [4.69, 9.17) is 9.84 Å². The van der Waals surface area contributed by atoms with Gasteiger partial charge in [0.05, 0.1) is 5.60 Å². The number of carbonyl (C=O) groups excluding carboxylic acids is 1. The SMILES string of the molecule is CCC1(CC)CC(NC(=O)NC(C(=O)O)C2CC2)CCO1. The number of carboxylic acid groups (broad SMARTS) is 1. The predicted molar refractivity (Wildman–Crippen MR) is 78.1 cm³/mol. The standard InChI is InChI=1S/C15H26N2O4/c1-3-15(4-2)9-11(7-8-21-15)16-14(20)17-12(13(18)19)10-5-6-10/h10-12H,3-9H2,1-2H3,(H,18,19)(H2,16,17,20). The molecule has 2 aliphatic rings. The van der Waals surface area contributed by atoms with Crippen LogP contribution in [0.25, 0.3) is 0 Å². The van der Waals surface area contributed by atoms with Gasteiger partial charge in [0.1, 0.15) is 6.04 Å². The number of hydrogen-bond donors (Lipinski definition) is 3. The number of urea groups is 1. The molecule has 0 aromatic carbocycles.